The van der Waals surface area contributed by atoms with Crippen LogP contribution in [0.4, 0.5) is 5.95 Å². The molecule has 0 aromatic carbocycles. The standard InChI is InChI=1S/C13H21N5O3/c1-3-6-17-10-9(15-12(16-10)14-5-8-19)11(20)18(7-4-2)13(17)21/h19H,3-8H2,1-2H3,(H2,14,15,16). The van der Waals surface area contributed by atoms with Gasteiger partial charge in [-0.2, -0.15) is 4.98 Å². The smallest absolute Gasteiger partial charge is 0.332 e. The molecule has 3 N–H and O–H groups in total. The highest BCUT2D eigenvalue weighted by Crippen LogP contribution is 2.09. The van der Waals surface area contributed by atoms with Crippen molar-refractivity contribution in [2.75, 3.05) is 18.5 Å². The molecule has 116 valence electrons. The molecule has 0 aliphatic rings. The van der Waals surface area contributed by atoms with E-state index in [9.17, 15) is 9.59 Å². The molecule has 2 aromatic heterocycles. The van der Waals surface area contributed by atoms with Gasteiger partial charge < -0.3 is 15.4 Å². The zero-order valence-corrected chi connectivity index (χ0v) is 12.3. The molecular weight excluding hydrogens is 274 g/mol. The second-order valence-corrected chi connectivity index (χ2v) is 4.83. The molecule has 0 unspecified atom stereocenters. The molecule has 0 saturated heterocycles. The van der Waals surface area contributed by atoms with Crippen LogP contribution in [-0.4, -0.2) is 37.4 Å². The van der Waals surface area contributed by atoms with Crippen LogP contribution in [-0.2, 0) is 13.1 Å². The van der Waals surface area contributed by atoms with Crippen molar-refractivity contribution >= 4 is 17.1 Å². The SMILES string of the molecule is CCCn1c(=O)c2[nH]c(NCCO)nc2n(CCC)c1=O. The van der Waals surface area contributed by atoms with Crippen LogP contribution in [0.5, 0.6) is 0 Å². The molecule has 21 heavy (non-hydrogen) atoms. The normalized spacial score (nSPS) is 11.2. The minimum Gasteiger partial charge on any atom is -0.395 e. The first kappa shape index (κ1) is 15.3. The van der Waals surface area contributed by atoms with Gasteiger partial charge in [0, 0.05) is 19.6 Å². The molecule has 0 spiro atoms. The summed E-state index contributed by atoms with van der Waals surface area (Å²) in [5, 5.41) is 11.7. The average molecular weight is 295 g/mol. The monoisotopic (exact) mass is 295 g/mol. The highest BCUT2D eigenvalue weighted by Gasteiger charge is 2.16. The van der Waals surface area contributed by atoms with Crippen LogP contribution >= 0.6 is 0 Å². The average Bonchev–Trinajstić information content (AvgIpc) is 2.90. The third-order valence-electron chi connectivity index (χ3n) is 3.16. The molecule has 2 rings (SSSR count). The van der Waals surface area contributed by atoms with Crippen molar-refractivity contribution in [2.24, 2.45) is 0 Å². The van der Waals surface area contributed by atoms with Crippen molar-refractivity contribution in [3.05, 3.63) is 20.8 Å². The number of imidazole rings is 1. The first-order valence-corrected chi connectivity index (χ1v) is 7.22. The highest BCUT2D eigenvalue weighted by atomic mass is 16.3. The Morgan fingerprint density at radius 3 is 2.48 bits per heavy atom. The highest BCUT2D eigenvalue weighted by molar-refractivity contribution is 5.72. The number of aliphatic hydroxyl groups excluding tert-OH is 1. The van der Waals surface area contributed by atoms with Gasteiger partial charge in [-0.3, -0.25) is 13.9 Å². The van der Waals surface area contributed by atoms with E-state index in [1.807, 2.05) is 13.8 Å². The molecule has 0 aliphatic carbocycles. The minimum atomic E-state index is -0.353. The number of fused-ring (bicyclic) bond motifs is 1. The summed E-state index contributed by atoms with van der Waals surface area (Å²) < 4.78 is 2.76. The summed E-state index contributed by atoms with van der Waals surface area (Å²) in [5.74, 6) is 0.384. The van der Waals surface area contributed by atoms with Gasteiger partial charge >= 0.3 is 5.69 Å². The zero-order chi connectivity index (χ0) is 15.4. The van der Waals surface area contributed by atoms with Crippen LogP contribution in [0.15, 0.2) is 9.59 Å². The lowest BCUT2D eigenvalue weighted by atomic mass is 10.4. The molecule has 8 heteroatoms. The van der Waals surface area contributed by atoms with Crippen LogP contribution in [0.1, 0.15) is 26.7 Å². The number of hydrogen-bond donors (Lipinski definition) is 3. The van der Waals surface area contributed by atoms with E-state index in [4.69, 9.17) is 5.11 Å². The van der Waals surface area contributed by atoms with Crippen molar-refractivity contribution in [1.29, 1.82) is 0 Å². The Balaban J connectivity index is 2.67. The van der Waals surface area contributed by atoms with E-state index in [0.717, 1.165) is 6.42 Å². The maximum atomic E-state index is 12.4. The second kappa shape index (κ2) is 6.57. The van der Waals surface area contributed by atoms with E-state index in [1.165, 1.54) is 9.13 Å². The van der Waals surface area contributed by atoms with Crippen LogP contribution < -0.4 is 16.6 Å². The summed E-state index contributed by atoms with van der Waals surface area (Å²) in [7, 11) is 0. The van der Waals surface area contributed by atoms with Crippen LogP contribution in [0.3, 0.4) is 0 Å². The molecule has 0 bridgehead atoms. The lowest BCUT2D eigenvalue weighted by Crippen LogP contribution is -2.40. The van der Waals surface area contributed by atoms with Crippen molar-refractivity contribution in [1.82, 2.24) is 19.1 Å². The molecule has 0 aliphatic heterocycles. The summed E-state index contributed by atoms with van der Waals surface area (Å²) in [4.78, 5) is 32.0. The number of aromatic amines is 1. The summed E-state index contributed by atoms with van der Waals surface area (Å²) >= 11 is 0. The van der Waals surface area contributed by atoms with Crippen LogP contribution in [0.25, 0.3) is 11.2 Å². The molecule has 2 aromatic rings. The summed E-state index contributed by atoms with van der Waals surface area (Å²) in [6.07, 6.45) is 1.47. The molecule has 2 heterocycles. The number of anilines is 1. The van der Waals surface area contributed by atoms with Gasteiger partial charge in [0.25, 0.3) is 5.56 Å². The van der Waals surface area contributed by atoms with Gasteiger partial charge in [-0.15, -0.1) is 0 Å². The van der Waals surface area contributed by atoms with Crippen molar-refractivity contribution < 1.29 is 5.11 Å². The Morgan fingerprint density at radius 2 is 1.86 bits per heavy atom. The number of aromatic nitrogens is 4. The lowest BCUT2D eigenvalue weighted by molar-refractivity contribution is 0.311. The van der Waals surface area contributed by atoms with E-state index in [1.54, 1.807) is 0 Å². The Labute approximate surface area is 121 Å². The molecular formula is C13H21N5O3. The lowest BCUT2D eigenvalue weighted by Gasteiger charge is -2.09. The van der Waals surface area contributed by atoms with E-state index < -0.39 is 0 Å². The topological polar surface area (TPSA) is 105 Å². The van der Waals surface area contributed by atoms with Crippen molar-refractivity contribution in [2.45, 2.75) is 39.8 Å². The molecule has 0 radical (unpaired) electrons. The third-order valence-corrected chi connectivity index (χ3v) is 3.16. The number of rotatable bonds is 7. The van der Waals surface area contributed by atoms with Crippen molar-refractivity contribution in [3.8, 4) is 0 Å². The van der Waals surface area contributed by atoms with Gasteiger partial charge in [0.05, 0.1) is 6.61 Å². The number of hydrogen-bond acceptors (Lipinski definition) is 5. The minimum absolute atomic E-state index is 0.0428. The van der Waals surface area contributed by atoms with Gasteiger partial charge in [0.1, 0.15) is 0 Å². The van der Waals surface area contributed by atoms with E-state index in [0.29, 0.717) is 43.2 Å². The maximum absolute atomic E-state index is 12.4. The first-order valence-electron chi connectivity index (χ1n) is 7.22. The molecule has 0 amide bonds. The quantitative estimate of drug-likeness (QED) is 0.672. The van der Waals surface area contributed by atoms with E-state index in [2.05, 4.69) is 15.3 Å². The van der Waals surface area contributed by atoms with E-state index in [-0.39, 0.29) is 17.9 Å². The zero-order valence-electron chi connectivity index (χ0n) is 12.3. The Morgan fingerprint density at radius 1 is 1.19 bits per heavy atom. The predicted molar refractivity (Wildman–Crippen MR) is 80.8 cm³/mol. The Kier molecular flexibility index (Phi) is 4.79. The summed E-state index contributed by atoms with van der Waals surface area (Å²) in [6, 6.07) is 0. The van der Waals surface area contributed by atoms with Gasteiger partial charge in [-0.25, -0.2) is 4.79 Å². The predicted octanol–water partition coefficient (Wildman–Crippen LogP) is 0.110. The fraction of sp³-hybridized carbons (Fsp3) is 0.615. The maximum Gasteiger partial charge on any atom is 0.332 e. The fourth-order valence-electron chi connectivity index (χ4n) is 2.27. The Hall–Kier alpha value is -2.09. The number of nitrogens with one attached hydrogen (secondary N) is 2. The first-order chi connectivity index (χ1) is 10.1. The van der Waals surface area contributed by atoms with Gasteiger partial charge in [0.15, 0.2) is 11.2 Å². The van der Waals surface area contributed by atoms with Gasteiger partial charge in [-0.05, 0) is 12.8 Å². The van der Waals surface area contributed by atoms with Crippen LogP contribution in [0.2, 0.25) is 0 Å². The summed E-state index contributed by atoms with van der Waals surface area (Å²) in [5.41, 5.74) is 0.00161. The number of H-pyrrole nitrogens is 1. The largest absolute Gasteiger partial charge is 0.395 e. The number of aliphatic hydroxyl groups is 1. The van der Waals surface area contributed by atoms with Crippen molar-refractivity contribution in [3.63, 3.8) is 0 Å². The molecule has 8 nitrogen and oxygen atoms in total. The molecule has 0 saturated carbocycles. The van der Waals surface area contributed by atoms with Gasteiger partial charge in [-0.1, -0.05) is 13.8 Å². The third kappa shape index (κ3) is 2.85. The number of aryl methyl sites for hydroxylation is 1. The molecule has 0 fully saturated rings. The summed E-state index contributed by atoms with van der Waals surface area (Å²) in [6.45, 7) is 5.05. The molecule has 0 atom stereocenters. The number of nitrogens with zero attached hydrogens (tertiary/aromatic N) is 3. The van der Waals surface area contributed by atoms with Gasteiger partial charge in [0.2, 0.25) is 5.95 Å². The van der Waals surface area contributed by atoms with E-state index >= 15 is 0 Å². The van der Waals surface area contributed by atoms with Crippen LogP contribution in [0, 0.1) is 0 Å². The second-order valence-electron chi connectivity index (χ2n) is 4.83. The Bertz CT molecular complexity index is 728. The fourth-order valence-corrected chi connectivity index (χ4v) is 2.27.